The molecule has 0 aliphatic rings. The van der Waals surface area contributed by atoms with Gasteiger partial charge in [0.1, 0.15) is 29.0 Å². The van der Waals surface area contributed by atoms with Gasteiger partial charge in [0.15, 0.2) is 5.82 Å². The second-order valence-electron chi connectivity index (χ2n) is 5.65. The lowest BCUT2D eigenvalue weighted by molar-refractivity contribution is 0.627. The zero-order valence-electron chi connectivity index (χ0n) is 13.5. The summed E-state index contributed by atoms with van der Waals surface area (Å²) in [6.45, 7) is 1.83. The number of anilines is 2. The van der Waals surface area contributed by atoms with Crippen molar-refractivity contribution in [2.75, 3.05) is 5.32 Å². The molecule has 26 heavy (non-hydrogen) atoms. The Balaban J connectivity index is 1.87. The first-order valence-electron chi connectivity index (χ1n) is 7.71. The molecule has 4 aromatic rings. The normalized spacial score (nSPS) is 11.1. The van der Waals surface area contributed by atoms with Gasteiger partial charge in [-0.15, -0.1) is 0 Å². The van der Waals surface area contributed by atoms with Crippen molar-refractivity contribution in [3.63, 3.8) is 0 Å². The molecule has 0 aliphatic heterocycles. The van der Waals surface area contributed by atoms with E-state index in [2.05, 4.69) is 20.4 Å². The predicted octanol–water partition coefficient (Wildman–Crippen LogP) is 4.80. The molecule has 0 fully saturated rings. The number of hydrogen-bond acceptors (Lipinski definition) is 4. The Kier molecular flexibility index (Phi) is 4.00. The summed E-state index contributed by atoms with van der Waals surface area (Å²) < 4.78 is 28.3. The third kappa shape index (κ3) is 2.86. The van der Waals surface area contributed by atoms with Crippen molar-refractivity contribution in [2.24, 2.45) is 0 Å². The summed E-state index contributed by atoms with van der Waals surface area (Å²) in [5.74, 6) is -0.364. The van der Waals surface area contributed by atoms with E-state index in [1.54, 1.807) is 22.9 Å². The van der Waals surface area contributed by atoms with Gasteiger partial charge < -0.3 is 5.32 Å². The summed E-state index contributed by atoms with van der Waals surface area (Å²) in [6.07, 6.45) is 1.42. The van der Waals surface area contributed by atoms with E-state index in [1.165, 1.54) is 30.6 Å². The van der Waals surface area contributed by atoms with Gasteiger partial charge in [0.2, 0.25) is 0 Å². The first-order chi connectivity index (χ1) is 12.5. The van der Waals surface area contributed by atoms with Crippen LogP contribution >= 0.6 is 11.6 Å². The van der Waals surface area contributed by atoms with E-state index in [1.807, 2.05) is 6.92 Å². The predicted molar refractivity (Wildman–Crippen MR) is 96.0 cm³/mol. The topological polar surface area (TPSA) is 55.6 Å². The number of rotatable bonds is 3. The fraction of sp³-hybridized carbons (Fsp3) is 0.0556. The number of aryl methyl sites for hydroxylation is 1. The number of nitrogens with zero attached hydrogens (tertiary/aromatic N) is 4. The van der Waals surface area contributed by atoms with E-state index in [9.17, 15) is 8.78 Å². The lowest BCUT2D eigenvalue weighted by Crippen LogP contribution is -2.02. The van der Waals surface area contributed by atoms with Crippen LogP contribution < -0.4 is 5.32 Å². The molecule has 0 spiro atoms. The molecule has 0 aliphatic carbocycles. The fourth-order valence-electron chi connectivity index (χ4n) is 2.66. The highest BCUT2D eigenvalue weighted by Gasteiger charge is 2.16. The SMILES string of the molecule is Cc1nn(-c2ccc(F)cc2)c2c(Nc3ccc(F)c(Cl)c3)ncnc12. The molecule has 0 amide bonds. The van der Waals surface area contributed by atoms with Crippen molar-refractivity contribution in [1.82, 2.24) is 19.7 Å². The van der Waals surface area contributed by atoms with Gasteiger partial charge in [0.25, 0.3) is 0 Å². The Labute approximate surface area is 152 Å². The Hall–Kier alpha value is -3.06. The van der Waals surface area contributed by atoms with Crippen molar-refractivity contribution in [2.45, 2.75) is 6.92 Å². The summed E-state index contributed by atoms with van der Waals surface area (Å²) in [7, 11) is 0. The second kappa shape index (κ2) is 6.34. The number of hydrogen-bond donors (Lipinski definition) is 1. The minimum atomic E-state index is -0.503. The zero-order chi connectivity index (χ0) is 18.3. The standard InChI is InChI=1S/C18H12ClF2N5/c1-10-16-17(26(25-10)13-5-2-11(20)3-6-13)18(23-9-22-16)24-12-4-7-15(21)14(19)8-12/h2-9H,1H3,(H,22,23,24). The minimum absolute atomic E-state index is 0.00326. The van der Waals surface area contributed by atoms with Gasteiger partial charge >= 0.3 is 0 Å². The Morgan fingerprint density at radius 3 is 2.54 bits per heavy atom. The molecule has 0 atom stereocenters. The monoisotopic (exact) mass is 371 g/mol. The summed E-state index contributed by atoms with van der Waals surface area (Å²) >= 11 is 5.84. The van der Waals surface area contributed by atoms with Gasteiger partial charge in [-0.3, -0.25) is 0 Å². The van der Waals surface area contributed by atoms with Crippen molar-refractivity contribution >= 4 is 34.1 Å². The van der Waals surface area contributed by atoms with Crippen LogP contribution in [0.25, 0.3) is 16.7 Å². The molecule has 4 rings (SSSR count). The van der Waals surface area contributed by atoms with E-state index in [-0.39, 0.29) is 10.8 Å². The van der Waals surface area contributed by atoms with E-state index in [0.717, 1.165) is 0 Å². The Morgan fingerprint density at radius 2 is 1.81 bits per heavy atom. The minimum Gasteiger partial charge on any atom is -0.338 e. The van der Waals surface area contributed by atoms with Crippen molar-refractivity contribution in [3.8, 4) is 5.69 Å². The van der Waals surface area contributed by atoms with Crippen LogP contribution in [0.4, 0.5) is 20.3 Å². The summed E-state index contributed by atoms with van der Waals surface area (Å²) in [6, 6.07) is 10.2. The van der Waals surface area contributed by atoms with Crippen molar-refractivity contribution in [1.29, 1.82) is 0 Å². The fourth-order valence-corrected chi connectivity index (χ4v) is 2.84. The van der Waals surface area contributed by atoms with E-state index < -0.39 is 5.82 Å². The Morgan fingerprint density at radius 1 is 1.04 bits per heavy atom. The van der Waals surface area contributed by atoms with Gasteiger partial charge in [-0.2, -0.15) is 5.10 Å². The van der Waals surface area contributed by atoms with Crippen LogP contribution in [0.2, 0.25) is 5.02 Å². The summed E-state index contributed by atoms with van der Waals surface area (Å²) in [5.41, 5.74) is 3.21. The van der Waals surface area contributed by atoms with Crippen LogP contribution in [-0.2, 0) is 0 Å². The molecule has 5 nitrogen and oxygen atoms in total. The second-order valence-corrected chi connectivity index (χ2v) is 6.05. The highest BCUT2D eigenvalue weighted by atomic mass is 35.5. The van der Waals surface area contributed by atoms with Gasteiger partial charge in [-0.05, 0) is 49.4 Å². The smallest absolute Gasteiger partial charge is 0.160 e. The van der Waals surface area contributed by atoms with Crippen LogP contribution in [0.5, 0.6) is 0 Å². The van der Waals surface area contributed by atoms with Crippen LogP contribution in [0.1, 0.15) is 5.69 Å². The number of fused-ring (bicyclic) bond motifs is 1. The molecular formula is C18H12ClF2N5. The van der Waals surface area contributed by atoms with Crippen LogP contribution in [0.15, 0.2) is 48.8 Å². The van der Waals surface area contributed by atoms with Gasteiger partial charge in [-0.1, -0.05) is 11.6 Å². The van der Waals surface area contributed by atoms with Crippen molar-refractivity contribution < 1.29 is 8.78 Å². The maximum Gasteiger partial charge on any atom is 0.160 e. The number of aromatic nitrogens is 4. The molecular weight excluding hydrogens is 360 g/mol. The molecule has 1 N–H and O–H groups in total. The van der Waals surface area contributed by atoms with Gasteiger partial charge in [0, 0.05) is 5.69 Å². The maximum absolute atomic E-state index is 13.4. The molecule has 0 saturated heterocycles. The molecule has 0 saturated carbocycles. The zero-order valence-corrected chi connectivity index (χ0v) is 14.3. The van der Waals surface area contributed by atoms with E-state index in [0.29, 0.717) is 33.9 Å². The average Bonchev–Trinajstić information content (AvgIpc) is 2.97. The average molecular weight is 372 g/mol. The summed E-state index contributed by atoms with van der Waals surface area (Å²) in [4.78, 5) is 8.56. The number of nitrogens with one attached hydrogen (secondary N) is 1. The maximum atomic E-state index is 13.4. The van der Waals surface area contributed by atoms with E-state index in [4.69, 9.17) is 11.6 Å². The number of halogens is 3. The van der Waals surface area contributed by atoms with Crippen molar-refractivity contribution in [3.05, 3.63) is 71.1 Å². The lowest BCUT2D eigenvalue weighted by Gasteiger charge is -2.10. The summed E-state index contributed by atoms with van der Waals surface area (Å²) in [5, 5.41) is 7.61. The van der Waals surface area contributed by atoms with Crippen LogP contribution in [0.3, 0.4) is 0 Å². The van der Waals surface area contributed by atoms with Gasteiger partial charge in [0.05, 0.1) is 16.4 Å². The lowest BCUT2D eigenvalue weighted by atomic mass is 10.3. The quantitative estimate of drug-likeness (QED) is 0.562. The molecule has 0 bridgehead atoms. The Bertz CT molecular complexity index is 1110. The van der Waals surface area contributed by atoms with Gasteiger partial charge in [-0.25, -0.2) is 23.4 Å². The third-order valence-electron chi connectivity index (χ3n) is 3.88. The highest BCUT2D eigenvalue weighted by molar-refractivity contribution is 6.31. The molecule has 2 heterocycles. The van der Waals surface area contributed by atoms with E-state index >= 15 is 0 Å². The van der Waals surface area contributed by atoms with Crippen LogP contribution in [-0.4, -0.2) is 19.7 Å². The molecule has 0 unspecified atom stereocenters. The third-order valence-corrected chi connectivity index (χ3v) is 4.17. The highest BCUT2D eigenvalue weighted by Crippen LogP contribution is 2.29. The first kappa shape index (κ1) is 16.4. The molecule has 2 aromatic carbocycles. The molecule has 2 aromatic heterocycles. The molecule has 0 radical (unpaired) electrons. The first-order valence-corrected chi connectivity index (χ1v) is 8.09. The molecule has 130 valence electrons. The molecule has 8 heteroatoms. The van der Waals surface area contributed by atoms with Crippen LogP contribution in [0, 0.1) is 18.6 Å². The largest absolute Gasteiger partial charge is 0.338 e. The number of benzene rings is 2.